The molecule has 1 aromatic carbocycles. The highest BCUT2D eigenvalue weighted by Crippen LogP contribution is 2.17. The van der Waals surface area contributed by atoms with Crippen LogP contribution in [-0.2, 0) is 6.54 Å². The third-order valence-electron chi connectivity index (χ3n) is 3.90. The molecule has 1 fully saturated rings. The van der Waals surface area contributed by atoms with Crippen LogP contribution in [0.4, 0.5) is 0 Å². The van der Waals surface area contributed by atoms with Crippen LogP contribution in [0.2, 0.25) is 0 Å². The standard InChI is InChI=1S/C16H24N2O2/c1-2-10-18(15-6-8-17-9-7-15)12-13-4-3-5-14(11-13)16(19)20/h3-5,11,15,17H,2,6-10,12H2,1H3,(H,19,20). The molecule has 0 aliphatic carbocycles. The molecule has 4 nitrogen and oxygen atoms in total. The summed E-state index contributed by atoms with van der Waals surface area (Å²) in [6.07, 6.45) is 3.49. The quantitative estimate of drug-likeness (QED) is 0.837. The van der Waals surface area contributed by atoms with Gasteiger partial charge in [0.15, 0.2) is 0 Å². The lowest BCUT2D eigenvalue weighted by atomic mass is 10.0. The molecule has 1 saturated heterocycles. The van der Waals surface area contributed by atoms with E-state index in [4.69, 9.17) is 5.11 Å². The second-order valence-electron chi connectivity index (χ2n) is 5.46. The average Bonchev–Trinajstić information content (AvgIpc) is 2.48. The second-order valence-corrected chi connectivity index (χ2v) is 5.46. The van der Waals surface area contributed by atoms with E-state index in [2.05, 4.69) is 17.1 Å². The number of rotatable bonds is 6. The van der Waals surface area contributed by atoms with Crippen LogP contribution in [0.25, 0.3) is 0 Å². The van der Waals surface area contributed by atoms with E-state index in [0.29, 0.717) is 11.6 Å². The van der Waals surface area contributed by atoms with Crippen LogP contribution in [0.5, 0.6) is 0 Å². The number of aromatic carboxylic acids is 1. The Kier molecular flexibility index (Phi) is 5.56. The number of benzene rings is 1. The van der Waals surface area contributed by atoms with Gasteiger partial charge in [-0.2, -0.15) is 0 Å². The Bertz CT molecular complexity index is 442. The summed E-state index contributed by atoms with van der Waals surface area (Å²) < 4.78 is 0. The van der Waals surface area contributed by atoms with E-state index >= 15 is 0 Å². The van der Waals surface area contributed by atoms with Crippen molar-refractivity contribution in [2.24, 2.45) is 0 Å². The van der Waals surface area contributed by atoms with Gasteiger partial charge in [0.2, 0.25) is 0 Å². The van der Waals surface area contributed by atoms with Crippen molar-refractivity contribution in [2.45, 2.75) is 38.8 Å². The SMILES string of the molecule is CCCN(Cc1cccc(C(=O)O)c1)C1CCNCC1. The molecule has 2 N–H and O–H groups in total. The van der Waals surface area contributed by atoms with Crippen molar-refractivity contribution in [3.05, 3.63) is 35.4 Å². The normalized spacial score (nSPS) is 16.5. The maximum Gasteiger partial charge on any atom is 0.335 e. The van der Waals surface area contributed by atoms with Gasteiger partial charge in [-0.15, -0.1) is 0 Å². The first-order chi connectivity index (χ1) is 9.70. The van der Waals surface area contributed by atoms with Gasteiger partial charge in [-0.05, 0) is 56.6 Å². The topological polar surface area (TPSA) is 52.6 Å². The molecule has 0 saturated carbocycles. The Balaban J connectivity index is 2.06. The Hall–Kier alpha value is -1.39. The van der Waals surface area contributed by atoms with Gasteiger partial charge in [-0.1, -0.05) is 19.1 Å². The highest BCUT2D eigenvalue weighted by Gasteiger charge is 2.20. The monoisotopic (exact) mass is 276 g/mol. The molecule has 4 heteroatoms. The number of piperidine rings is 1. The Morgan fingerprint density at radius 3 is 2.80 bits per heavy atom. The molecular formula is C16H24N2O2. The summed E-state index contributed by atoms with van der Waals surface area (Å²) in [5, 5.41) is 12.5. The molecule has 0 amide bonds. The number of nitrogens with zero attached hydrogens (tertiary/aromatic N) is 1. The molecule has 0 aromatic heterocycles. The summed E-state index contributed by atoms with van der Waals surface area (Å²) in [4.78, 5) is 13.5. The van der Waals surface area contributed by atoms with Gasteiger partial charge in [0, 0.05) is 12.6 Å². The highest BCUT2D eigenvalue weighted by molar-refractivity contribution is 5.87. The first-order valence-electron chi connectivity index (χ1n) is 7.47. The van der Waals surface area contributed by atoms with Crippen LogP contribution < -0.4 is 5.32 Å². The molecule has 0 atom stereocenters. The minimum Gasteiger partial charge on any atom is -0.478 e. The van der Waals surface area contributed by atoms with Crippen LogP contribution in [0.1, 0.15) is 42.1 Å². The van der Waals surface area contributed by atoms with Crippen molar-refractivity contribution < 1.29 is 9.90 Å². The van der Waals surface area contributed by atoms with Gasteiger partial charge in [0.05, 0.1) is 5.56 Å². The van der Waals surface area contributed by atoms with E-state index in [9.17, 15) is 4.79 Å². The molecule has 20 heavy (non-hydrogen) atoms. The van der Waals surface area contributed by atoms with Crippen LogP contribution in [0.3, 0.4) is 0 Å². The molecule has 1 aliphatic heterocycles. The summed E-state index contributed by atoms with van der Waals surface area (Å²) >= 11 is 0. The van der Waals surface area contributed by atoms with Gasteiger partial charge < -0.3 is 10.4 Å². The molecule has 0 spiro atoms. The van der Waals surface area contributed by atoms with Gasteiger partial charge in [0.25, 0.3) is 0 Å². The summed E-state index contributed by atoms with van der Waals surface area (Å²) in [6, 6.07) is 7.93. The van der Waals surface area contributed by atoms with Crippen molar-refractivity contribution >= 4 is 5.97 Å². The fourth-order valence-corrected chi connectivity index (χ4v) is 2.89. The molecular weight excluding hydrogens is 252 g/mol. The molecule has 1 aliphatic rings. The van der Waals surface area contributed by atoms with Crippen molar-refractivity contribution in [1.82, 2.24) is 10.2 Å². The maximum absolute atomic E-state index is 11.0. The van der Waals surface area contributed by atoms with Gasteiger partial charge in [0.1, 0.15) is 0 Å². The summed E-state index contributed by atoms with van der Waals surface area (Å²) in [7, 11) is 0. The number of carbonyl (C=O) groups is 1. The predicted molar refractivity (Wildman–Crippen MR) is 80.0 cm³/mol. The molecule has 1 heterocycles. The maximum atomic E-state index is 11.0. The summed E-state index contributed by atoms with van der Waals surface area (Å²) in [6.45, 7) is 6.28. The first kappa shape index (κ1) is 15.0. The predicted octanol–water partition coefficient (Wildman–Crippen LogP) is 2.35. The number of hydrogen-bond donors (Lipinski definition) is 2. The zero-order chi connectivity index (χ0) is 14.4. The molecule has 110 valence electrons. The fraction of sp³-hybridized carbons (Fsp3) is 0.562. The largest absolute Gasteiger partial charge is 0.478 e. The Labute approximate surface area is 120 Å². The zero-order valence-corrected chi connectivity index (χ0v) is 12.1. The van der Waals surface area contributed by atoms with Crippen LogP contribution in [0, 0.1) is 0 Å². The van der Waals surface area contributed by atoms with Crippen molar-refractivity contribution in [3.63, 3.8) is 0 Å². The molecule has 0 unspecified atom stereocenters. The lowest BCUT2D eigenvalue weighted by molar-refractivity contribution is 0.0696. The van der Waals surface area contributed by atoms with E-state index in [1.807, 2.05) is 12.1 Å². The lowest BCUT2D eigenvalue weighted by Crippen LogP contribution is -2.43. The summed E-state index contributed by atoms with van der Waals surface area (Å²) in [5.74, 6) is -0.851. The van der Waals surface area contributed by atoms with Crippen LogP contribution in [0.15, 0.2) is 24.3 Å². The van der Waals surface area contributed by atoms with E-state index < -0.39 is 5.97 Å². The Morgan fingerprint density at radius 1 is 1.40 bits per heavy atom. The van der Waals surface area contributed by atoms with Crippen molar-refractivity contribution in [1.29, 1.82) is 0 Å². The number of nitrogens with one attached hydrogen (secondary N) is 1. The van der Waals surface area contributed by atoms with Crippen molar-refractivity contribution in [2.75, 3.05) is 19.6 Å². The number of carboxylic acids is 1. The zero-order valence-electron chi connectivity index (χ0n) is 12.1. The minimum absolute atomic E-state index is 0.379. The molecule has 1 aromatic rings. The van der Waals surface area contributed by atoms with E-state index in [1.54, 1.807) is 12.1 Å². The Morgan fingerprint density at radius 2 is 2.15 bits per heavy atom. The van der Waals surface area contributed by atoms with Gasteiger partial charge in [-0.25, -0.2) is 4.79 Å². The van der Waals surface area contributed by atoms with E-state index in [-0.39, 0.29) is 0 Å². The van der Waals surface area contributed by atoms with Gasteiger partial charge >= 0.3 is 5.97 Å². The lowest BCUT2D eigenvalue weighted by Gasteiger charge is -2.34. The van der Waals surface area contributed by atoms with E-state index in [0.717, 1.165) is 38.2 Å². The average molecular weight is 276 g/mol. The van der Waals surface area contributed by atoms with Crippen molar-refractivity contribution in [3.8, 4) is 0 Å². The van der Waals surface area contributed by atoms with E-state index in [1.165, 1.54) is 12.8 Å². The molecule has 0 bridgehead atoms. The van der Waals surface area contributed by atoms with Gasteiger partial charge in [-0.3, -0.25) is 4.90 Å². The molecule has 0 radical (unpaired) electrons. The summed E-state index contributed by atoms with van der Waals surface area (Å²) in [5.41, 5.74) is 1.47. The highest BCUT2D eigenvalue weighted by atomic mass is 16.4. The fourth-order valence-electron chi connectivity index (χ4n) is 2.89. The third kappa shape index (κ3) is 4.05. The molecule has 2 rings (SSSR count). The van der Waals surface area contributed by atoms with Crippen LogP contribution in [-0.4, -0.2) is 41.7 Å². The number of carboxylic acid groups (broad SMARTS) is 1. The third-order valence-corrected chi connectivity index (χ3v) is 3.90. The minimum atomic E-state index is -0.851. The smallest absolute Gasteiger partial charge is 0.335 e. The second kappa shape index (κ2) is 7.41. The van der Waals surface area contributed by atoms with Crippen LogP contribution >= 0.6 is 0 Å². The first-order valence-corrected chi connectivity index (χ1v) is 7.47. The number of hydrogen-bond acceptors (Lipinski definition) is 3.